The van der Waals surface area contributed by atoms with Crippen LogP contribution in [0.25, 0.3) is 0 Å². The third-order valence-corrected chi connectivity index (χ3v) is 3.80. The Hall–Kier alpha value is -2.43. The number of hydrogen-bond acceptors (Lipinski definition) is 5. The Morgan fingerprint density at radius 1 is 1.33 bits per heavy atom. The van der Waals surface area contributed by atoms with Gasteiger partial charge in [0.05, 0.1) is 17.1 Å². The average Bonchev–Trinajstić information content (AvgIpc) is 2.54. The summed E-state index contributed by atoms with van der Waals surface area (Å²) in [7, 11) is 0. The van der Waals surface area contributed by atoms with Crippen LogP contribution < -0.4 is 4.90 Å². The van der Waals surface area contributed by atoms with Gasteiger partial charge in [0.1, 0.15) is 5.69 Å². The number of nitro benzene ring substituents is 1. The molecule has 0 heterocycles. The number of amides is 1. The van der Waals surface area contributed by atoms with E-state index in [1.807, 2.05) is 0 Å². The maximum Gasteiger partial charge on any atom is 0.471 e. The van der Waals surface area contributed by atoms with Gasteiger partial charge in [-0.1, -0.05) is 11.6 Å². The molecule has 0 aromatic heterocycles. The number of carbonyl (C=O) groups is 2. The van der Waals surface area contributed by atoms with Crippen molar-refractivity contribution >= 4 is 39.2 Å². The number of anilines is 1. The predicted molar refractivity (Wildman–Crippen MR) is 94.6 cm³/mol. The van der Waals surface area contributed by atoms with Gasteiger partial charge in [-0.15, -0.1) is 0 Å². The van der Waals surface area contributed by atoms with E-state index in [0.717, 1.165) is 12.1 Å². The van der Waals surface area contributed by atoms with E-state index in [4.69, 9.17) is 4.74 Å². The summed E-state index contributed by atoms with van der Waals surface area (Å²) >= 11 is 2.93. The molecule has 0 spiro atoms. The highest BCUT2D eigenvalue weighted by Crippen LogP contribution is 2.39. The third-order valence-electron chi connectivity index (χ3n) is 3.19. The fourth-order valence-electron chi connectivity index (χ4n) is 2.03. The molecule has 27 heavy (non-hydrogen) atoms. The normalized spacial score (nSPS) is 10.9. The van der Waals surface area contributed by atoms with E-state index in [9.17, 15) is 32.9 Å². The summed E-state index contributed by atoms with van der Waals surface area (Å²) in [5.41, 5.74) is -1.07. The highest BCUT2D eigenvalue weighted by atomic mass is 79.9. The van der Waals surface area contributed by atoms with Crippen LogP contribution in [0, 0.1) is 10.1 Å². The Morgan fingerprint density at radius 3 is 2.37 bits per heavy atom. The molecule has 0 atom stereocenters. The molecule has 0 unspecified atom stereocenters. The first-order valence-electron chi connectivity index (χ1n) is 7.57. The summed E-state index contributed by atoms with van der Waals surface area (Å²) in [5.74, 6) is -3.15. The number of ether oxygens (including phenoxy) is 1. The van der Waals surface area contributed by atoms with Crippen LogP contribution in [-0.4, -0.2) is 36.1 Å². The fraction of sp³-hybridized carbons (Fsp3) is 0.375. The molecule has 0 aliphatic carbocycles. The molecule has 0 aliphatic heterocycles. The third kappa shape index (κ3) is 5.78. The summed E-state index contributed by atoms with van der Waals surface area (Å²) in [4.78, 5) is 34.4. The Kier molecular flexibility index (Phi) is 7.52. The molecule has 1 rings (SSSR count). The van der Waals surface area contributed by atoms with Crippen LogP contribution in [0.15, 0.2) is 28.3 Å². The molecule has 0 fully saturated rings. The van der Waals surface area contributed by atoms with Gasteiger partial charge in [0.25, 0.3) is 5.69 Å². The van der Waals surface area contributed by atoms with Gasteiger partial charge in [-0.25, -0.2) is 4.79 Å². The van der Waals surface area contributed by atoms with Crippen molar-refractivity contribution in [2.75, 3.05) is 18.1 Å². The lowest BCUT2D eigenvalue weighted by atomic mass is 10.1. The minimum absolute atomic E-state index is 0.00522. The largest absolute Gasteiger partial charge is 0.471 e. The van der Waals surface area contributed by atoms with Gasteiger partial charge in [-0.2, -0.15) is 13.2 Å². The van der Waals surface area contributed by atoms with Crippen LogP contribution >= 0.6 is 15.9 Å². The average molecular weight is 453 g/mol. The molecule has 0 bridgehead atoms. The molecule has 0 saturated carbocycles. The van der Waals surface area contributed by atoms with E-state index in [0.29, 0.717) is 5.57 Å². The monoisotopic (exact) mass is 452 g/mol. The highest BCUT2D eigenvalue weighted by molar-refractivity contribution is 9.10. The summed E-state index contributed by atoms with van der Waals surface area (Å²) in [6.07, 6.45) is -3.93. The molecule has 1 aromatic rings. The van der Waals surface area contributed by atoms with E-state index in [-0.39, 0.29) is 21.5 Å². The number of nitro groups is 1. The van der Waals surface area contributed by atoms with E-state index < -0.39 is 40.9 Å². The smallest absolute Gasteiger partial charge is 0.462 e. The SMILES string of the molecule is CCOC(=O)c1cc(Br)c(N(CC=C(C)C)C(=O)C(F)(F)F)c([N+](=O)[O-])c1. The Balaban J connectivity index is 3.65. The first kappa shape index (κ1) is 22.6. The van der Waals surface area contributed by atoms with Crippen LogP contribution in [0.2, 0.25) is 0 Å². The van der Waals surface area contributed by atoms with Crippen LogP contribution in [-0.2, 0) is 9.53 Å². The van der Waals surface area contributed by atoms with Crippen molar-refractivity contribution in [1.82, 2.24) is 0 Å². The maximum absolute atomic E-state index is 13.0. The van der Waals surface area contributed by atoms with Gasteiger partial charge in [-0.05, 0) is 42.8 Å². The van der Waals surface area contributed by atoms with Crippen molar-refractivity contribution in [3.63, 3.8) is 0 Å². The molecule has 1 amide bonds. The zero-order chi connectivity index (χ0) is 20.9. The van der Waals surface area contributed by atoms with E-state index in [1.54, 1.807) is 13.8 Å². The number of carbonyl (C=O) groups excluding carboxylic acids is 2. The van der Waals surface area contributed by atoms with Crippen LogP contribution in [0.1, 0.15) is 31.1 Å². The Bertz CT molecular complexity index is 789. The second-order valence-corrected chi connectivity index (χ2v) is 6.35. The lowest BCUT2D eigenvalue weighted by Gasteiger charge is -2.24. The van der Waals surface area contributed by atoms with Gasteiger partial charge >= 0.3 is 18.1 Å². The van der Waals surface area contributed by atoms with Gasteiger partial charge in [0.15, 0.2) is 0 Å². The van der Waals surface area contributed by atoms with E-state index in [1.165, 1.54) is 13.0 Å². The standard InChI is InChI=1S/C16H16BrF3N2O5/c1-4-27-14(23)10-7-11(17)13(12(8-10)22(25)26)21(6-5-9(2)3)15(24)16(18,19)20/h5,7-8H,4,6H2,1-3H3. The Labute approximate surface area is 161 Å². The minimum Gasteiger partial charge on any atom is -0.462 e. The van der Waals surface area contributed by atoms with Gasteiger partial charge < -0.3 is 4.74 Å². The second-order valence-electron chi connectivity index (χ2n) is 5.50. The van der Waals surface area contributed by atoms with E-state index in [2.05, 4.69) is 15.9 Å². The highest BCUT2D eigenvalue weighted by Gasteiger charge is 2.45. The van der Waals surface area contributed by atoms with Gasteiger partial charge in [0.2, 0.25) is 0 Å². The quantitative estimate of drug-likeness (QED) is 0.276. The van der Waals surface area contributed by atoms with Crippen molar-refractivity contribution in [1.29, 1.82) is 0 Å². The molecule has 7 nitrogen and oxygen atoms in total. The first-order chi connectivity index (χ1) is 12.4. The van der Waals surface area contributed by atoms with Gasteiger partial charge in [0, 0.05) is 17.1 Å². The number of benzene rings is 1. The van der Waals surface area contributed by atoms with Gasteiger partial charge in [-0.3, -0.25) is 19.8 Å². The number of nitrogens with zero attached hydrogens (tertiary/aromatic N) is 2. The van der Waals surface area contributed by atoms with Crippen molar-refractivity contribution in [3.8, 4) is 0 Å². The predicted octanol–water partition coefficient (Wildman–Crippen LogP) is 4.40. The zero-order valence-electron chi connectivity index (χ0n) is 14.6. The molecule has 1 aromatic carbocycles. The molecular weight excluding hydrogens is 437 g/mol. The summed E-state index contributed by atoms with van der Waals surface area (Å²) in [6, 6.07) is 1.84. The Morgan fingerprint density at radius 2 is 1.93 bits per heavy atom. The van der Waals surface area contributed by atoms with Crippen molar-refractivity contribution < 1.29 is 32.4 Å². The zero-order valence-corrected chi connectivity index (χ0v) is 16.2. The van der Waals surface area contributed by atoms with Crippen LogP contribution in [0.3, 0.4) is 0 Å². The number of allylic oxidation sites excluding steroid dienone is 1. The summed E-state index contributed by atoms with van der Waals surface area (Å²) in [6.45, 7) is 4.19. The number of alkyl halides is 3. The number of hydrogen-bond donors (Lipinski definition) is 0. The number of halogens is 4. The van der Waals surface area contributed by atoms with Crippen molar-refractivity contribution in [3.05, 3.63) is 43.9 Å². The lowest BCUT2D eigenvalue weighted by Crippen LogP contribution is -2.42. The first-order valence-corrected chi connectivity index (χ1v) is 8.36. The molecule has 0 N–H and O–H groups in total. The maximum atomic E-state index is 13.0. The van der Waals surface area contributed by atoms with Crippen molar-refractivity contribution in [2.45, 2.75) is 26.9 Å². The topological polar surface area (TPSA) is 89.8 Å². The van der Waals surface area contributed by atoms with E-state index >= 15 is 0 Å². The molecule has 0 aliphatic rings. The van der Waals surface area contributed by atoms with Crippen LogP contribution in [0.5, 0.6) is 0 Å². The number of esters is 1. The lowest BCUT2D eigenvalue weighted by molar-refractivity contribution is -0.384. The molecule has 0 radical (unpaired) electrons. The fourth-order valence-corrected chi connectivity index (χ4v) is 2.69. The molecule has 148 valence electrons. The molecule has 0 saturated heterocycles. The summed E-state index contributed by atoms with van der Waals surface area (Å²) in [5, 5.41) is 11.4. The molecular formula is C16H16BrF3N2O5. The molecule has 11 heteroatoms. The second kappa shape index (κ2) is 8.98. The minimum atomic E-state index is -5.25. The van der Waals surface area contributed by atoms with Crippen LogP contribution in [0.4, 0.5) is 24.5 Å². The summed E-state index contributed by atoms with van der Waals surface area (Å²) < 4.78 is 43.6. The van der Waals surface area contributed by atoms with Crippen molar-refractivity contribution in [2.24, 2.45) is 0 Å². The number of rotatable bonds is 6.